The van der Waals surface area contributed by atoms with Crippen molar-refractivity contribution in [3.8, 4) is 0 Å². The molecule has 0 unspecified atom stereocenters. The molecule has 1 aliphatic heterocycles. The van der Waals surface area contributed by atoms with Gasteiger partial charge in [0.15, 0.2) is 0 Å². The number of aromatic carboxylic acids is 1. The molecule has 0 N–H and O–H groups in total. The molecule has 0 aromatic heterocycles. The van der Waals surface area contributed by atoms with E-state index in [0.29, 0.717) is 17.5 Å². The predicted octanol–water partition coefficient (Wildman–Crippen LogP) is 0.586. The number of fused-ring (bicyclic) bond motifs is 5. The van der Waals surface area contributed by atoms with E-state index in [4.69, 9.17) is 0 Å². The molecule has 4 rings (SSSR count). The molecule has 5 heteroatoms. The Morgan fingerprint density at radius 3 is 2.29 bits per heavy atom. The molecular formula is C16H14NO4-. The molecule has 1 aromatic rings. The number of carboxylic acids is 1. The van der Waals surface area contributed by atoms with Gasteiger partial charge in [0.25, 0.3) is 0 Å². The maximum absolute atomic E-state index is 12.6. The quantitative estimate of drug-likeness (QED) is 0.744. The van der Waals surface area contributed by atoms with Crippen LogP contribution in [0.5, 0.6) is 0 Å². The van der Waals surface area contributed by atoms with Gasteiger partial charge in [0.1, 0.15) is 0 Å². The first-order chi connectivity index (χ1) is 10.1. The molecule has 0 spiro atoms. The molecule has 2 bridgehead atoms. The number of carbonyl (C=O) groups is 3. The summed E-state index contributed by atoms with van der Waals surface area (Å²) in [7, 11) is 0. The van der Waals surface area contributed by atoms with Crippen molar-refractivity contribution in [2.45, 2.75) is 19.3 Å². The van der Waals surface area contributed by atoms with E-state index in [1.807, 2.05) is 0 Å². The van der Waals surface area contributed by atoms with Gasteiger partial charge in [0.05, 0.1) is 23.5 Å². The molecular weight excluding hydrogens is 270 g/mol. The first-order valence-corrected chi connectivity index (χ1v) is 7.27. The number of hydrogen-bond donors (Lipinski definition) is 0. The highest BCUT2D eigenvalue weighted by Crippen LogP contribution is 2.56. The maximum Gasteiger partial charge on any atom is 0.237 e. The first kappa shape index (κ1) is 12.6. The van der Waals surface area contributed by atoms with Crippen LogP contribution in [-0.4, -0.2) is 17.8 Å². The van der Waals surface area contributed by atoms with Crippen LogP contribution in [0.15, 0.2) is 24.3 Å². The normalized spacial score (nSPS) is 33.6. The zero-order chi connectivity index (χ0) is 14.7. The summed E-state index contributed by atoms with van der Waals surface area (Å²) < 4.78 is 0. The zero-order valence-electron chi connectivity index (χ0n) is 11.3. The summed E-state index contributed by atoms with van der Waals surface area (Å²) in [6.45, 7) is 0. The summed E-state index contributed by atoms with van der Waals surface area (Å²) >= 11 is 0. The molecule has 0 radical (unpaired) electrons. The highest BCUT2D eigenvalue weighted by atomic mass is 16.4. The second-order valence-corrected chi connectivity index (χ2v) is 6.23. The summed E-state index contributed by atoms with van der Waals surface area (Å²) in [5.41, 5.74) is 0.327. The maximum atomic E-state index is 12.6. The second-order valence-electron chi connectivity index (χ2n) is 6.23. The zero-order valence-corrected chi connectivity index (χ0v) is 11.3. The third-order valence-corrected chi connectivity index (χ3v) is 5.27. The van der Waals surface area contributed by atoms with Gasteiger partial charge >= 0.3 is 0 Å². The summed E-state index contributed by atoms with van der Waals surface area (Å²) in [5.74, 6) is -1.36. The molecule has 3 fully saturated rings. The van der Waals surface area contributed by atoms with Crippen LogP contribution >= 0.6 is 0 Å². The minimum Gasteiger partial charge on any atom is -0.545 e. The molecule has 4 atom stereocenters. The van der Waals surface area contributed by atoms with E-state index in [1.165, 1.54) is 23.1 Å². The first-order valence-electron chi connectivity index (χ1n) is 7.27. The Kier molecular flexibility index (Phi) is 2.49. The lowest BCUT2D eigenvalue weighted by Gasteiger charge is -2.19. The van der Waals surface area contributed by atoms with Gasteiger partial charge in [-0.25, -0.2) is 0 Å². The number of carboxylic acid groups (broad SMARTS) is 1. The lowest BCUT2D eigenvalue weighted by atomic mass is 9.81. The summed E-state index contributed by atoms with van der Waals surface area (Å²) in [4.78, 5) is 37.4. The van der Waals surface area contributed by atoms with Crippen LogP contribution < -0.4 is 10.0 Å². The number of rotatable bonds is 2. The van der Waals surface area contributed by atoms with Crippen molar-refractivity contribution in [3.05, 3.63) is 29.8 Å². The number of benzene rings is 1. The van der Waals surface area contributed by atoms with E-state index in [1.54, 1.807) is 6.07 Å². The van der Waals surface area contributed by atoms with Crippen LogP contribution in [0.1, 0.15) is 29.6 Å². The Bertz CT molecular complexity index is 640. The Balaban J connectivity index is 1.73. The van der Waals surface area contributed by atoms with Crippen molar-refractivity contribution >= 4 is 23.5 Å². The largest absolute Gasteiger partial charge is 0.545 e. The Hall–Kier alpha value is -2.17. The van der Waals surface area contributed by atoms with E-state index in [0.717, 1.165) is 19.3 Å². The lowest BCUT2D eigenvalue weighted by molar-refractivity contribution is -0.255. The van der Waals surface area contributed by atoms with Gasteiger partial charge in [0.2, 0.25) is 11.8 Å². The highest BCUT2D eigenvalue weighted by molar-refractivity contribution is 6.22. The van der Waals surface area contributed by atoms with E-state index in [9.17, 15) is 19.5 Å². The summed E-state index contributed by atoms with van der Waals surface area (Å²) in [6, 6.07) is 5.87. The number of nitrogens with zero attached hydrogens (tertiary/aromatic N) is 1. The van der Waals surface area contributed by atoms with Crippen molar-refractivity contribution in [2.24, 2.45) is 23.7 Å². The highest BCUT2D eigenvalue weighted by Gasteiger charge is 2.61. The summed E-state index contributed by atoms with van der Waals surface area (Å²) in [6.07, 6.45) is 3.04. The van der Waals surface area contributed by atoms with Crippen LogP contribution in [0.4, 0.5) is 5.69 Å². The van der Waals surface area contributed by atoms with Crippen molar-refractivity contribution in [3.63, 3.8) is 0 Å². The smallest absolute Gasteiger partial charge is 0.237 e. The average molecular weight is 284 g/mol. The van der Waals surface area contributed by atoms with E-state index in [2.05, 4.69) is 0 Å². The Morgan fingerprint density at radius 1 is 1.10 bits per heavy atom. The van der Waals surface area contributed by atoms with Crippen molar-refractivity contribution in [1.82, 2.24) is 0 Å². The topological polar surface area (TPSA) is 77.5 Å². The fraction of sp³-hybridized carbons (Fsp3) is 0.438. The molecule has 2 saturated carbocycles. The average Bonchev–Trinajstić information content (AvgIpc) is 3.13. The van der Waals surface area contributed by atoms with Crippen molar-refractivity contribution < 1.29 is 19.5 Å². The second kappa shape index (κ2) is 4.16. The monoisotopic (exact) mass is 284 g/mol. The number of anilines is 1. The standard InChI is InChI=1S/C16H15NO4/c18-14-12-8-4-5-9(6-8)13(12)15(19)17(14)11-3-1-2-10(7-11)16(20)21/h1-3,7-9,12-13H,4-6H2,(H,20,21)/p-1/t8-,9-,12-,13+/m1/s1. The van der Waals surface area contributed by atoms with Crippen molar-refractivity contribution in [1.29, 1.82) is 0 Å². The van der Waals surface area contributed by atoms with Gasteiger partial charge in [-0.15, -0.1) is 0 Å². The van der Waals surface area contributed by atoms with Crippen molar-refractivity contribution in [2.75, 3.05) is 4.90 Å². The molecule has 5 nitrogen and oxygen atoms in total. The number of carbonyl (C=O) groups excluding carboxylic acids is 3. The fourth-order valence-corrected chi connectivity index (χ4v) is 4.44. The molecule has 2 amide bonds. The number of imide groups is 1. The van der Waals surface area contributed by atoms with Gasteiger partial charge in [0, 0.05) is 0 Å². The van der Waals surface area contributed by atoms with Gasteiger partial charge < -0.3 is 9.90 Å². The Morgan fingerprint density at radius 2 is 1.71 bits per heavy atom. The van der Waals surface area contributed by atoms with E-state index in [-0.39, 0.29) is 29.2 Å². The van der Waals surface area contributed by atoms with Gasteiger partial charge in [-0.05, 0) is 48.8 Å². The molecule has 108 valence electrons. The van der Waals surface area contributed by atoms with Crippen LogP contribution in [0.3, 0.4) is 0 Å². The minimum absolute atomic E-state index is 0.0202. The van der Waals surface area contributed by atoms with Crippen LogP contribution in [0.2, 0.25) is 0 Å². The molecule has 1 aromatic carbocycles. The Labute approximate surface area is 121 Å². The van der Waals surface area contributed by atoms with Gasteiger partial charge in [-0.3, -0.25) is 14.5 Å². The SMILES string of the molecule is O=C([O-])c1cccc(N2C(=O)[C@@H]3[C@@H]4CC[C@H](C4)[C@@H]3C2=O)c1. The van der Waals surface area contributed by atoms with Crippen LogP contribution in [-0.2, 0) is 9.59 Å². The molecule has 1 saturated heterocycles. The third-order valence-electron chi connectivity index (χ3n) is 5.27. The van der Waals surface area contributed by atoms with E-state index < -0.39 is 5.97 Å². The fourth-order valence-electron chi connectivity index (χ4n) is 4.44. The molecule has 3 aliphatic rings. The van der Waals surface area contributed by atoms with E-state index >= 15 is 0 Å². The lowest BCUT2D eigenvalue weighted by Crippen LogP contribution is -2.33. The number of hydrogen-bond acceptors (Lipinski definition) is 4. The number of amides is 2. The molecule has 2 aliphatic carbocycles. The van der Waals surface area contributed by atoms with Gasteiger partial charge in [-0.2, -0.15) is 0 Å². The van der Waals surface area contributed by atoms with Crippen LogP contribution in [0, 0.1) is 23.7 Å². The molecule has 1 heterocycles. The predicted molar refractivity (Wildman–Crippen MR) is 71.1 cm³/mol. The summed E-state index contributed by atoms with van der Waals surface area (Å²) in [5, 5.41) is 10.9. The third kappa shape index (κ3) is 1.60. The van der Waals surface area contributed by atoms with Crippen LogP contribution in [0.25, 0.3) is 0 Å². The van der Waals surface area contributed by atoms with Gasteiger partial charge in [-0.1, -0.05) is 12.1 Å². The molecule has 21 heavy (non-hydrogen) atoms. The minimum atomic E-state index is -1.31.